The van der Waals surface area contributed by atoms with Crippen molar-refractivity contribution in [2.45, 2.75) is 6.92 Å². The van der Waals surface area contributed by atoms with Crippen molar-refractivity contribution in [1.82, 2.24) is 9.97 Å². The first kappa shape index (κ1) is 13.7. The van der Waals surface area contributed by atoms with Crippen molar-refractivity contribution in [2.24, 2.45) is 0 Å². The molecule has 1 aromatic carbocycles. The van der Waals surface area contributed by atoms with E-state index in [1.165, 1.54) is 0 Å². The molecule has 5 heteroatoms. The van der Waals surface area contributed by atoms with Gasteiger partial charge in [0.1, 0.15) is 5.69 Å². The Morgan fingerprint density at radius 2 is 2.25 bits per heavy atom. The number of nitrogens with one attached hydrogen (secondary N) is 2. The first-order chi connectivity index (χ1) is 9.69. The Hall–Kier alpha value is -2.69. The molecule has 0 saturated heterocycles. The number of rotatable bonds is 5. The second kappa shape index (κ2) is 6.47. The summed E-state index contributed by atoms with van der Waals surface area (Å²) in [6.07, 6.45) is 3.24. The lowest BCUT2D eigenvalue weighted by molar-refractivity contribution is 0.102. The monoisotopic (exact) mass is 268 g/mol. The van der Waals surface area contributed by atoms with Gasteiger partial charge in [0.15, 0.2) is 0 Å². The van der Waals surface area contributed by atoms with E-state index in [2.05, 4.69) is 27.2 Å². The quantitative estimate of drug-likeness (QED) is 0.818. The smallest absolute Gasteiger partial charge is 0.274 e. The minimum Gasteiger partial charge on any atom is -0.351 e. The van der Waals surface area contributed by atoms with Crippen LogP contribution in [0, 0.1) is 6.92 Å². The number of amides is 1. The van der Waals surface area contributed by atoms with E-state index in [4.69, 9.17) is 0 Å². The molecule has 0 aliphatic rings. The van der Waals surface area contributed by atoms with Gasteiger partial charge in [0.2, 0.25) is 5.95 Å². The number of aromatic nitrogens is 2. The van der Waals surface area contributed by atoms with E-state index in [1.807, 2.05) is 31.2 Å². The van der Waals surface area contributed by atoms with Crippen LogP contribution in [0.25, 0.3) is 0 Å². The Labute approximate surface area is 117 Å². The summed E-state index contributed by atoms with van der Waals surface area (Å²) in [5.41, 5.74) is 2.14. The van der Waals surface area contributed by atoms with Gasteiger partial charge in [-0.1, -0.05) is 18.2 Å². The summed E-state index contributed by atoms with van der Waals surface area (Å²) in [4.78, 5) is 20.3. The van der Waals surface area contributed by atoms with E-state index >= 15 is 0 Å². The summed E-state index contributed by atoms with van der Waals surface area (Å²) < 4.78 is 0. The van der Waals surface area contributed by atoms with Gasteiger partial charge in [0, 0.05) is 18.4 Å². The number of nitrogens with zero attached hydrogens (tertiary/aromatic N) is 2. The molecule has 1 amide bonds. The van der Waals surface area contributed by atoms with Crippen LogP contribution in [0.4, 0.5) is 11.6 Å². The minimum atomic E-state index is -0.264. The van der Waals surface area contributed by atoms with Gasteiger partial charge in [-0.25, -0.2) is 9.97 Å². The molecule has 5 nitrogen and oxygen atoms in total. The predicted molar refractivity (Wildman–Crippen MR) is 79.9 cm³/mol. The molecule has 0 aliphatic carbocycles. The topological polar surface area (TPSA) is 66.9 Å². The van der Waals surface area contributed by atoms with Crippen molar-refractivity contribution in [2.75, 3.05) is 17.2 Å². The van der Waals surface area contributed by atoms with Crippen LogP contribution in [-0.2, 0) is 0 Å². The van der Waals surface area contributed by atoms with E-state index in [-0.39, 0.29) is 5.91 Å². The molecule has 102 valence electrons. The van der Waals surface area contributed by atoms with Gasteiger partial charge in [0.25, 0.3) is 5.91 Å². The van der Waals surface area contributed by atoms with Crippen LogP contribution in [0.15, 0.2) is 49.2 Å². The number of hydrogen-bond acceptors (Lipinski definition) is 4. The Balaban J connectivity index is 2.10. The Morgan fingerprint density at radius 1 is 1.40 bits per heavy atom. The zero-order chi connectivity index (χ0) is 14.4. The molecule has 0 atom stereocenters. The standard InChI is InChI=1S/C15H16N4O/c1-3-8-16-15-17-9-7-13(19-15)14(20)18-12-6-4-5-11(2)10-12/h3-7,9-10H,1,8H2,2H3,(H,18,20)(H,16,17,19). The third kappa shape index (κ3) is 3.65. The molecule has 0 spiro atoms. The van der Waals surface area contributed by atoms with E-state index in [9.17, 15) is 4.79 Å². The number of carbonyl (C=O) groups is 1. The minimum absolute atomic E-state index is 0.264. The molecule has 0 radical (unpaired) electrons. The third-order valence-electron chi connectivity index (χ3n) is 2.57. The molecule has 1 heterocycles. The summed E-state index contributed by atoms with van der Waals surface area (Å²) in [7, 11) is 0. The van der Waals surface area contributed by atoms with E-state index < -0.39 is 0 Å². The summed E-state index contributed by atoms with van der Waals surface area (Å²) in [5.74, 6) is 0.140. The highest BCUT2D eigenvalue weighted by atomic mass is 16.1. The first-order valence-electron chi connectivity index (χ1n) is 6.25. The molecule has 2 aromatic rings. The summed E-state index contributed by atoms with van der Waals surface area (Å²) in [5, 5.41) is 5.75. The van der Waals surface area contributed by atoms with Crippen LogP contribution in [0.2, 0.25) is 0 Å². The molecule has 0 fully saturated rings. The van der Waals surface area contributed by atoms with Crippen molar-refractivity contribution >= 4 is 17.5 Å². The molecule has 0 aliphatic heterocycles. The van der Waals surface area contributed by atoms with Gasteiger partial charge >= 0.3 is 0 Å². The molecule has 2 rings (SSSR count). The van der Waals surface area contributed by atoms with Crippen molar-refractivity contribution in [3.05, 3.63) is 60.4 Å². The van der Waals surface area contributed by atoms with E-state index in [0.717, 1.165) is 11.3 Å². The highest BCUT2D eigenvalue weighted by molar-refractivity contribution is 6.02. The molecule has 0 bridgehead atoms. The number of carbonyl (C=O) groups excluding carboxylic acids is 1. The predicted octanol–water partition coefficient (Wildman–Crippen LogP) is 2.64. The summed E-state index contributed by atoms with van der Waals surface area (Å²) >= 11 is 0. The zero-order valence-electron chi connectivity index (χ0n) is 11.3. The fourth-order valence-electron chi connectivity index (χ4n) is 1.65. The van der Waals surface area contributed by atoms with Crippen LogP contribution < -0.4 is 10.6 Å². The summed E-state index contributed by atoms with van der Waals surface area (Å²) in [6.45, 7) is 6.11. The average Bonchev–Trinajstić information content (AvgIpc) is 2.45. The highest BCUT2D eigenvalue weighted by Crippen LogP contribution is 2.11. The first-order valence-corrected chi connectivity index (χ1v) is 6.25. The number of anilines is 2. The maximum atomic E-state index is 12.1. The van der Waals surface area contributed by atoms with Crippen LogP contribution in [0.3, 0.4) is 0 Å². The number of benzene rings is 1. The molecular weight excluding hydrogens is 252 g/mol. The van der Waals surface area contributed by atoms with Crippen LogP contribution in [0.5, 0.6) is 0 Å². The highest BCUT2D eigenvalue weighted by Gasteiger charge is 2.09. The Bertz CT molecular complexity index is 625. The summed E-state index contributed by atoms with van der Waals surface area (Å²) in [6, 6.07) is 9.17. The SMILES string of the molecule is C=CCNc1nccc(C(=O)Nc2cccc(C)c2)n1. The van der Waals surface area contributed by atoms with Gasteiger partial charge in [0.05, 0.1) is 0 Å². The van der Waals surface area contributed by atoms with Crippen LogP contribution >= 0.6 is 0 Å². The largest absolute Gasteiger partial charge is 0.351 e. The van der Waals surface area contributed by atoms with Gasteiger partial charge in [-0.05, 0) is 30.7 Å². The Morgan fingerprint density at radius 3 is 3.00 bits per heavy atom. The molecule has 20 heavy (non-hydrogen) atoms. The lowest BCUT2D eigenvalue weighted by atomic mass is 10.2. The van der Waals surface area contributed by atoms with Crippen molar-refractivity contribution in [3.8, 4) is 0 Å². The van der Waals surface area contributed by atoms with E-state index in [0.29, 0.717) is 18.2 Å². The average molecular weight is 268 g/mol. The van der Waals surface area contributed by atoms with Gasteiger partial charge in [-0.15, -0.1) is 6.58 Å². The van der Waals surface area contributed by atoms with Crippen LogP contribution in [0.1, 0.15) is 16.1 Å². The normalized spacial score (nSPS) is 9.85. The number of aryl methyl sites for hydroxylation is 1. The lowest BCUT2D eigenvalue weighted by Gasteiger charge is -2.07. The number of hydrogen-bond donors (Lipinski definition) is 2. The maximum Gasteiger partial charge on any atom is 0.274 e. The molecule has 2 N–H and O–H groups in total. The second-order valence-electron chi connectivity index (χ2n) is 4.26. The van der Waals surface area contributed by atoms with Gasteiger partial charge in [-0.2, -0.15) is 0 Å². The fraction of sp³-hybridized carbons (Fsp3) is 0.133. The van der Waals surface area contributed by atoms with Gasteiger partial charge < -0.3 is 10.6 Å². The third-order valence-corrected chi connectivity index (χ3v) is 2.57. The fourth-order valence-corrected chi connectivity index (χ4v) is 1.65. The molecule has 0 saturated carbocycles. The van der Waals surface area contributed by atoms with E-state index in [1.54, 1.807) is 18.3 Å². The van der Waals surface area contributed by atoms with Crippen molar-refractivity contribution in [3.63, 3.8) is 0 Å². The van der Waals surface area contributed by atoms with Crippen molar-refractivity contribution in [1.29, 1.82) is 0 Å². The van der Waals surface area contributed by atoms with Gasteiger partial charge in [-0.3, -0.25) is 4.79 Å². The molecular formula is C15H16N4O. The van der Waals surface area contributed by atoms with Crippen LogP contribution in [-0.4, -0.2) is 22.4 Å². The molecule has 0 unspecified atom stereocenters. The second-order valence-corrected chi connectivity index (χ2v) is 4.26. The lowest BCUT2D eigenvalue weighted by Crippen LogP contribution is -2.15. The Kier molecular flexibility index (Phi) is 4.44. The maximum absolute atomic E-state index is 12.1. The van der Waals surface area contributed by atoms with Crippen molar-refractivity contribution < 1.29 is 4.79 Å². The zero-order valence-corrected chi connectivity index (χ0v) is 11.3. The molecule has 1 aromatic heterocycles.